The molecular formula is C29H25BrN2O5S. The molecule has 0 saturated carbocycles. The number of para-hydroxylation sites is 1. The number of carbonyl (C=O) groups excluding carboxylic acids is 1. The number of allylic oxidation sites excluding steroid dienone is 1. The molecule has 0 bridgehead atoms. The van der Waals surface area contributed by atoms with Crippen LogP contribution in [-0.4, -0.2) is 23.8 Å². The molecule has 0 saturated heterocycles. The second-order valence-electron chi connectivity index (χ2n) is 8.48. The van der Waals surface area contributed by atoms with Gasteiger partial charge in [-0.25, -0.2) is 9.79 Å². The summed E-state index contributed by atoms with van der Waals surface area (Å²) in [4.78, 5) is 32.1. The van der Waals surface area contributed by atoms with Crippen molar-refractivity contribution >= 4 is 39.3 Å². The van der Waals surface area contributed by atoms with E-state index in [1.165, 1.54) is 11.3 Å². The molecule has 9 heteroatoms. The van der Waals surface area contributed by atoms with Gasteiger partial charge in [0.1, 0.15) is 23.3 Å². The van der Waals surface area contributed by atoms with E-state index >= 15 is 0 Å². The van der Waals surface area contributed by atoms with Gasteiger partial charge in [-0.15, -0.1) is 0 Å². The SMILES string of the molecule is CCOC(=O)C1=C(C)N=c2s/c(=C\c3ccc(-c4ccc(Br)cc4)o3)c(=O)n2[C@H]1c1ccccc1OCC. The monoisotopic (exact) mass is 592 g/mol. The number of benzene rings is 2. The predicted octanol–water partition coefficient (Wildman–Crippen LogP) is 5.22. The summed E-state index contributed by atoms with van der Waals surface area (Å²) in [6, 6.07) is 18.2. The number of furan rings is 1. The molecule has 38 heavy (non-hydrogen) atoms. The lowest BCUT2D eigenvalue weighted by Crippen LogP contribution is -2.40. The van der Waals surface area contributed by atoms with Crippen LogP contribution in [0.5, 0.6) is 5.75 Å². The third-order valence-corrected chi connectivity index (χ3v) is 7.57. The zero-order valence-corrected chi connectivity index (χ0v) is 23.5. The highest BCUT2D eigenvalue weighted by Crippen LogP contribution is 2.36. The summed E-state index contributed by atoms with van der Waals surface area (Å²) in [5.41, 5.74) is 2.16. The molecule has 0 radical (unpaired) electrons. The van der Waals surface area contributed by atoms with Crippen molar-refractivity contribution in [2.45, 2.75) is 26.8 Å². The predicted molar refractivity (Wildman–Crippen MR) is 150 cm³/mol. The number of carbonyl (C=O) groups is 1. The van der Waals surface area contributed by atoms with Gasteiger partial charge in [-0.3, -0.25) is 9.36 Å². The van der Waals surface area contributed by atoms with Crippen LogP contribution >= 0.6 is 27.3 Å². The molecule has 1 atom stereocenters. The Morgan fingerprint density at radius 1 is 1.11 bits per heavy atom. The lowest BCUT2D eigenvalue weighted by Gasteiger charge is -2.26. The van der Waals surface area contributed by atoms with Crippen molar-refractivity contribution in [1.29, 1.82) is 0 Å². The van der Waals surface area contributed by atoms with Crippen LogP contribution in [0.3, 0.4) is 0 Å². The number of thiazole rings is 1. The molecule has 0 fully saturated rings. The molecule has 5 rings (SSSR count). The average molecular weight is 593 g/mol. The summed E-state index contributed by atoms with van der Waals surface area (Å²) in [6.45, 7) is 6.05. The quantitative estimate of drug-likeness (QED) is 0.275. The Morgan fingerprint density at radius 2 is 1.87 bits per heavy atom. The zero-order valence-electron chi connectivity index (χ0n) is 21.1. The molecule has 1 aliphatic rings. The molecule has 2 aromatic carbocycles. The first-order valence-electron chi connectivity index (χ1n) is 12.2. The Kier molecular flexibility index (Phi) is 7.49. The van der Waals surface area contributed by atoms with Gasteiger partial charge in [-0.1, -0.05) is 57.6 Å². The highest BCUT2D eigenvalue weighted by Gasteiger charge is 2.35. The standard InChI is InChI=1S/C29H25BrN2O5S/c1-4-35-23-9-7-6-8-21(23)26-25(28(34)36-5-2)17(3)31-29-32(26)27(33)24(38-29)16-20-14-15-22(37-20)18-10-12-19(30)13-11-18/h6-16,26H,4-5H2,1-3H3/b24-16-/t26-/m0/s1. The number of nitrogens with zero attached hydrogens (tertiary/aromatic N) is 2. The summed E-state index contributed by atoms with van der Waals surface area (Å²) in [5.74, 6) is 1.32. The molecule has 7 nitrogen and oxygen atoms in total. The summed E-state index contributed by atoms with van der Waals surface area (Å²) >= 11 is 4.69. The minimum Gasteiger partial charge on any atom is -0.494 e. The second kappa shape index (κ2) is 11.0. The van der Waals surface area contributed by atoms with E-state index in [9.17, 15) is 9.59 Å². The van der Waals surface area contributed by atoms with E-state index < -0.39 is 12.0 Å². The van der Waals surface area contributed by atoms with Crippen molar-refractivity contribution in [3.05, 3.63) is 107 Å². The third-order valence-electron chi connectivity index (χ3n) is 6.06. The van der Waals surface area contributed by atoms with Crippen LogP contribution in [0, 0.1) is 0 Å². The van der Waals surface area contributed by atoms with Crippen LogP contribution in [0.15, 0.2) is 90.6 Å². The van der Waals surface area contributed by atoms with Crippen LogP contribution in [-0.2, 0) is 9.53 Å². The molecule has 0 unspecified atom stereocenters. The Hall–Kier alpha value is -3.69. The molecule has 4 aromatic rings. The number of esters is 1. The Labute approximate surface area is 231 Å². The molecule has 3 heterocycles. The fourth-order valence-electron chi connectivity index (χ4n) is 4.41. The van der Waals surface area contributed by atoms with Crippen molar-refractivity contribution in [3.8, 4) is 17.1 Å². The van der Waals surface area contributed by atoms with Crippen LogP contribution < -0.4 is 19.6 Å². The highest BCUT2D eigenvalue weighted by molar-refractivity contribution is 9.10. The Bertz CT molecular complexity index is 1710. The molecule has 2 aromatic heterocycles. The van der Waals surface area contributed by atoms with E-state index in [1.54, 1.807) is 24.5 Å². The second-order valence-corrected chi connectivity index (χ2v) is 10.4. The first kappa shape index (κ1) is 25.9. The zero-order chi connectivity index (χ0) is 26.8. The highest BCUT2D eigenvalue weighted by atomic mass is 79.9. The molecule has 0 amide bonds. The van der Waals surface area contributed by atoms with Crippen molar-refractivity contribution in [2.24, 2.45) is 4.99 Å². The van der Waals surface area contributed by atoms with E-state index in [4.69, 9.17) is 13.9 Å². The minimum atomic E-state index is -0.745. The van der Waals surface area contributed by atoms with Crippen molar-refractivity contribution in [2.75, 3.05) is 13.2 Å². The first-order chi connectivity index (χ1) is 18.4. The molecule has 0 spiro atoms. The number of halogens is 1. The van der Waals surface area contributed by atoms with E-state index in [2.05, 4.69) is 20.9 Å². The van der Waals surface area contributed by atoms with E-state index in [-0.39, 0.29) is 12.2 Å². The smallest absolute Gasteiger partial charge is 0.338 e. The van der Waals surface area contributed by atoms with Gasteiger partial charge in [0.2, 0.25) is 0 Å². The lowest BCUT2D eigenvalue weighted by atomic mass is 9.95. The maximum absolute atomic E-state index is 13.8. The number of ether oxygens (including phenoxy) is 2. The van der Waals surface area contributed by atoms with Crippen molar-refractivity contribution in [3.63, 3.8) is 0 Å². The first-order valence-corrected chi connectivity index (χ1v) is 13.8. The summed E-state index contributed by atoms with van der Waals surface area (Å²) < 4.78 is 20.3. The van der Waals surface area contributed by atoms with Crippen molar-refractivity contribution in [1.82, 2.24) is 4.57 Å². The van der Waals surface area contributed by atoms with E-state index in [0.717, 1.165) is 10.0 Å². The topological polar surface area (TPSA) is 83.0 Å². The maximum Gasteiger partial charge on any atom is 0.338 e. The van der Waals surface area contributed by atoms with Crippen LogP contribution in [0.1, 0.15) is 38.1 Å². The van der Waals surface area contributed by atoms with Crippen molar-refractivity contribution < 1.29 is 18.7 Å². The normalized spacial score (nSPS) is 15.3. The van der Waals surface area contributed by atoms with Gasteiger partial charge in [0.25, 0.3) is 5.56 Å². The van der Waals surface area contributed by atoms with Gasteiger partial charge < -0.3 is 13.9 Å². The molecule has 0 aliphatic carbocycles. The van der Waals surface area contributed by atoms with Gasteiger partial charge in [0.05, 0.1) is 29.0 Å². The van der Waals surface area contributed by atoms with Gasteiger partial charge >= 0.3 is 5.97 Å². The molecular weight excluding hydrogens is 568 g/mol. The number of hydrogen-bond acceptors (Lipinski definition) is 7. The lowest BCUT2D eigenvalue weighted by molar-refractivity contribution is -0.139. The third kappa shape index (κ3) is 4.91. The Balaban J connectivity index is 1.66. The number of fused-ring (bicyclic) bond motifs is 1. The largest absolute Gasteiger partial charge is 0.494 e. The molecule has 194 valence electrons. The van der Waals surface area contributed by atoms with Crippen LogP contribution in [0.4, 0.5) is 0 Å². The van der Waals surface area contributed by atoms with Gasteiger partial charge in [-0.2, -0.15) is 0 Å². The Morgan fingerprint density at radius 3 is 2.61 bits per heavy atom. The average Bonchev–Trinajstić information content (AvgIpc) is 3.49. The van der Waals surface area contributed by atoms with Gasteiger partial charge in [0, 0.05) is 21.7 Å². The molecule has 1 aliphatic heterocycles. The van der Waals surface area contributed by atoms with Crippen LogP contribution in [0.25, 0.3) is 17.4 Å². The summed E-state index contributed by atoms with van der Waals surface area (Å²) in [6.07, 6.45) is 1.71. The number of hydrogen-bond donors (Lipinski definition) is 0. The van der Waals surface area contributed by atoms with Crippen LogP contribution in [0.2, 0.25) is 0 Å². The number of rotatable bonds is 7. The van der Waals surface area contributed by atoms with E-state index in [1.807, 2.05) is 67.6 Å². The molecule has 0 N–H and O–H groups in total. The number of aromatic nitrogens is 1. The summed E-state index contributed by atoms with van der Waals surface area (Å²) in [5, 5.41) is 0. The fourth-order valence-corrected chi connectivity index (χ4v) is 5.70. The van der Waals surface area contributed by atoms with Gasteiger partial charge in [-0.05, 0) is 51.1 Å². The maximum atomic E-state index is 13.8. The van der Waals surface area contributed by atoms with Gasteiger partial charge in [0.15, 0.2) is 4.80 Å². The summed E-state index contributed by atoms with van der Waals surface area (Å²) in [7, 11) is 0. The fraction of sp³-hybridized carbons (Fsp3) is 0.207. The van der Waals surface area contributed by atoms with E-state index in [0.29, 0.717) is 50.0 Å². The minimum absolute atomic E-state index is 0.207.